The van der Waals surface area contributed by atoms with Crippen LogP contribution in [-0.4, -0.2) is 18.2 Å². The fraction of sp³-hybridized carbons (Fsp3) is 0.176. The molecule has 0 atom stereocenters. The number of ether oxygens (including phenoxy) is 3. The largest absolute Gasteiger partial charge is 0.521 e. The smallest absolute Gasteiger partial charge is 0.490 e. The van der Waals surface area contributed by atoms with E-state index in [0.29, 0.717) is 11.5 Å². The molecule has 0 aromatic heterocycles. The lowest BCUT2D eigenvalue weighted by Gasteiger charge is -2.12. The number of carbonyl (C=O) groups is 2. The molecule has 0 spiro atoms. The van der Waals surface area contributed by atoms with Gasteiger partial charge < -0.3 is 14.2 Å². The van der Waals surface area contributed by atoms with E-state index in [0.717, 1.165) is 0 Å². The molecule has 0 aliphatic heterocycles. The third kappa shape index (κ3) is 4.34. The van der Waals surface area contributed by atoms with Gasteiger partial charge in [0.05, 0.1) is 6.10 Å². The predicted molar refractivity (Wildman–Crippen MR) is 80.1 cm³/mol. The number of carbonyl (C=O) groups excluding carboxylic acids is 2. The summed E-state index contributed by atoms with van der Waals surface area (Å²) in [4.78, 5) is 23.7. The van der Waals surface area contributed by atoms with Gasteiger partial charge in [-0.1, -0.05) is 30.3 Å². The SMILES string of the molecule is CC(C)Oc1ccccc1C(=O)OC(=O)Oc1ccccc1. The van der Waals surface area contributed by atoms with Gasteiger partial charge in [0.1, 0.15) is 17.1 Å². The molecule has 0 amide bonds. The molecule has 5 nitrogen and oxygen atoms in total. The summed E-state index contributed by atoms with van der Waals surface area (Å²) in [5, 5.41) is 0. The van der Waals surface area contributed by atoms with Gasteiger partial charge in [0.15, 0.2) is 0 Å². The number of hydrogen-bond donors (Lipinski definition) is 0. The zero-order valence-electron chi connectivity index (χ0n) is 12.3. The first-order valence-electron chi connectivity index (χ1n) is 6.81. The van der Waals surface area contributed by atoms with Gasteiger partial charge in [0, 0.05) is 0 Å². The zero-order valence-corrected chi connectivity index (χ0v) is 12.3. The molecule has 0 heterocycles. The third-order valence-corrected chi connectivity index (χ3v) is 2.59. The molecule has 0 saturated heterocycles. The number of hydrogen-bond acceptors (Lipinski definition) is 5. The first-order valence-corrected chi connectivity index (χ1v) is 6.81. The maximum Gasteiger partial charge on any atom is 0.521 e. The Balaban J connectivity index is 2.04. The van der Waals surface area contributed by atoms with Crippen LogP contribution >= 0.6 is 0 Å². The number of benzene rings is 2. The molecule has 2 rings (SSSR count). The van der Waals surface area contributed by atoms with Crippen LogP contribution in [0.5, 0.6) is 11.5 Å². The van der Waals surface area contributed by atoms with Gasteiger partial charge in [-0.05, 0) is 38.1 Å². The Bertz CT molecular complexity index is 649. The minimum Gasteiger partial charge on any atom is -0.490 e. The van der Waals surface area contributed by atoms with E-state index in [1.165, 1.54) is 6.07 Å². The second-order valence-electron chi connectivity index (χ2n) is 4.72. The van der Waals surface area contributed by atoms with Crippen molar-refractivity contribution in [1.29, 1.82) is 0 Å². The molecule has 2 aromatic carbocycles. The summed E-state index contributed by atoms with van der Waals surface area (Å²) in [6, 6.07) is 14.9. The zero-order chi connectivity index (χ0) is 15.9. The van der Waals surface area contributed by atoms with Gasteiger partial charge in [-0.3, -0.25) is 0 Å². The number of esters is 1. The molecule has 0 saturated carbocycles. The van der Waals surface area contributed by atoms with Crippen molar-refractivity contribution in [2.75, 3.05) is 0 Å². The van der Waals surface area contributed by atoms with Crippen molar-refractivity contribution < 1.29 is 23.8 Å². The fourth-order valence-corrected chi connectivity index (χ4v) is 1.73. The first-order chi connectivity index (χ1) is 10.6. The molecule has 22 heavy (non-hydrogen) atoms. The summed E-state index contributed by atoms with van der Waals surface area (Å²) in [6.07, 6.45) is -1.19. The molecule has 0 radical (unpaired) electrons. The van der Waals surface area contributed by atoms with Gasteiger partial charge in [-0.25, -0.2) is 9.59 Å². The Kier molecular flexibility index (Phi) is 5.14. The Morgan fingerprint density at radius 3 is 2.23 bits per heavy atom. The molecule has 2 aromatic rings. The second-order valence-corrected chi connectivity index (χ2v) is 4.72. The van der Waals surface area contributed by atoms with Gasteiger partial charge >= 0.3 is 12.1 Å². The summed E-state index contributed by atoms with van der Waals surface area (Å²) in [7, 11) is 0. The summed E-state index contributed by atoms with van der Waals surface area (Å²) in [6.45, 7) is 3.68. The van der Waals surface area contributed by atoms with E-state index in [1.807, 2.05) is 13.8 Å². The second kappa shape index (κ2) is 7.26. The molecule has 0 aliphatic rings. The highest BCUT2D eigenvalue weighted by Gasteiger charge is 2.19. The van der Waals surface area contributed by atoms with Crippen LogP contribution in [0.2, 0.25) is 0 Å². The molecule has 114 valence electrons. The summed E-state index contributed by atoms with van der Waals surface area (Å²) < 4.78 is 15.1. The van der Waals surface area contributed by atoms with Crippen LogP contribution in [0.25, 0.3) is 0 Å². The van der Waals surface area contributed by atoms with E-state index >= 15 is 0 Å². The van der Waals surface area contributed by atoms with E-state index in [4.69, 9.17) is 9.47 Å². The minimum absolute atomic E-state index is 0.106. The lowest BCUT2D eigenvalue weighted by atomic mass is 10.2. The monoisotopic (exact) mass is 300 g/mol. The van der Waals surface area contributed by atoms with Gasteiger partial charge in [-0.15, -0.1) is 0 Å². The van der Waals surface area contributed by atoms with Crippen molar-refractivity contribution in [2.24, 2.45) is 0 Å². The fourth-order valence-electron chi connectivity index (χ4n) is 1.73. The molecular weight excluding hydrogens is 284 g/mol. The average Bonchev–Trinajstić information content (AvgIpc) is 2.48. The summed E-state index contributed by atoms with van der Waals surface area (Å²) in [5.41, 5.74) is 0.168. The van der Waals surface area contributed by atoms with Crippen molar-refractivity contribution in [3.63, 3.8) is 0 Å². The summed E-state index contributed by atoms with van der Waals surface area (Å²) in [5.74, 6) is -0.167. The van der Waals surface area contributed by atoms with Gasteiger partial charge in [-0.2, -0.15) is 0 Å². The van der Waals surface area contributed by atoms with Crippen LogP contribution in [0, 0.1) is 0 Å². The lowest BCUT2D eigenvalue weighted by molar-refractivity contribution is 0.0524. The molecule has 0 fully saturated rings. The summed E-state index contributed by atoms with van der Waals surface area (Å²) >= 11 is 0. The minimum atomic E-state index is -1.09. The van der Waals surface area contributed by atoms with Crippen LogP contribution in [0.1, 0.15) is 24.2 Å². The van der Waals surface area contributed by atoms with Crippen molar-refractivity contribution >= 4 is 12.1 Å². The van der Waals surface area contributed by atoms with Crippen LogP contribution in [0.4, 0.5) is 4.79 Å². The van der Waals surface area contributed by atoms with Crippen molar-refractivity contribution in [3.05, 3.63) is 60.2 Å². The van der Waals surface area contributed by atoms with E-state index in [9.17, 15) is 9.59 Å². The molecule has 5 heteroatoms. The Morgan fingerprint density at radius 2 is 1.55 bits per heavy atom. The molecule has 0 aliphatic carbocycles. The number of rotatable bonds is 4. The van der Waals surface area contributed by atoms with E-state index in [1.54, 1.807) is 48.5 Å². The highest BCUT2D eigenvalue weighted by Crippen LogP contribution is 2.20. The predicted octanol–water partition coefficient (Wildman–Crippen LogP) is 3.83. The van der Waals surface area contributed by atoms with Crippen LogP contribution in [0.3, 0.4) is 0 Å². The van der Waals surface area contributed by atoms with Crippen molar-refractivity contribution in [3.8, 4) is 11.5 Å². The maximum absolute atomic E-state index is 12.0. The quantitative estimate of drug-likeness (QED) is 0.488. The van der Waals surface area contributed by atoms with Crippen molar-refractivity contribution in [2.45, 2.75) is 20.0 Å². The first kappa shape index (κ1) is 15.6. The molecule has 0 unspecified atom stereocenters. The maximum atomic E-state index is 12.0. The van der Waals surface area contributed by atoms with Crippen molar-refractivity contribution in [1.82, 2.24) is 0 Å². The van der Waals surface area contributed by atoms with Gasteiger partial charge in [0.2, 0.25) is 0 Å². The standard InChI is InChI=1S/C17H16O5/c1-12(2)20-15-11-7-6-10-14(15)16(18)22-17(19)21-13-8-4-3-5-9-13/h3-12H,1-2H3. The number of para-hydroxylation sites is 2. The lowest BCUT2D eigenvalue weighted by Crippen LogP contribution is -2.18. The Hall–Kier alpha value is -2.82. The van der Waals surface area contributed by atoms with Crippen LogP contribution in [0.15, 0.2) is 54.6 Å². The topological polar surface area (TPSA) is 61.8 Å². The van der Waals surface area contributed by atoms with E-state index in [2.05, 4.69) is 4.74 Å². The van der Waals surface area contributed by atoms with Crippen LogP contribution in [-0.2, 0) is 4.74 Å². The highest BCUT2D eigenvalue weighted by atomic mass is 16.7. The van der Waals surface area contributed by atoms with Crippen LogP contribution < -0.4 is 9.47 Å². The third-order valence-electron chi connectivity index (χ3n) is 2.59. The molecule has 0 N–H and O–H groups in total. The normalized spacial score (nSPS) is 10.1. The molecular formula is C17H16O5. The average molecular weight is 300 g/mol. The van der Waals surface area contributed by atoms with E-state index in [-0.39, 0.29) is 11.7 Å². The molecule has 0 bridgehead atoms. The van der Waals surface area contributed by atoms with Gasteiger partial charge in [0.25, 0.3) is 0 Å². The highest BCUT2D eigenvalue weighted by molar-refractivity contribution is 5.97. The van der Waals surface area contributed by atoms with E-state index < -0.39 is 12.1 Å². The Morgan fingerprint density at radius 1 is 0.909 bits per heavy atom. The Labute approximate surface area is 128 Å².